The first kappa shape index (κ1) is 11.1. The second-order valence-corrected chi connectivity index (χ2v) is 5.72. The van der Waals surface area contributed by atoms with Crippen LogP contribution in [0.1, 0.15) is 17.4 Å². The van der Waals surface area contributed by atoms with Crippen LogP contribution < -0.4 is 0 Å². The molecule has 2 heterocycles. The average molecular weight is 289 g/mol. The molecule has 2 rings (SSSR count). The fraction of sp³-hybridized carbons (Fsp3) is 0.500. The SMILES string of the molecule is CC1CSCCN1C(=O)c1cc(Br)c[nH]1. The lowest BCUT2D eigenvalue weighted by Crippen LogP contribution is -2.44. The molecule has 5 heteroatoms. The molecule has 0 saturated carbocycles. The van der Waals surface area contributed by atoms with Crippen LogP contribution in [0, 0.1) is 0 Å². The molecule has 82 valence electrons. The van der Waals surface area contributed by atoms with E-state index < -0.39 is 0 Å². The van der Waals surface area contributed by atoms with E-state index in [0.29, 0.717) is 11.7 Å². The fourth-order valence-corrected chi connectivity index (χ4v) is 3.03. The predicted octanol–water partition coefficient (Wildman–Crippen LogP) is 2.35. The molecule has 1 aliphatic rings. The van der Waals surface area contributed by atoms with Crippen LogP contribution in [-0.4, -0.2) is 39.9 Å². The summed E-state index contributed by atoms with van der Waals surface area (Å²) in [6.07, 6.45) is 1.79. The van der Waals surface area contributed by atoms with Crippen LogP contribution >= 0.6 is 27.7 Å². The number of carbonyl (C=O) groups is 1. The van der Waals surface area contributed by atoms with Gasteiger partial charge >= 0.3 is 0 Å². The molecule has 3 nitrogen and oxygen atoms in total. The van der Waals surface area contributed by atoms with Gasteiger partial charge in [-0.05, 0) is 28.9 Å². The van der Waals surface area contributed by atoms with Crippen molar-refractivity contribution in [3.8, 4) is 0 Å². The summed E-state index contributed by atoms with van der Waals surface area (Å²) in [6.45, 7) is 2.95. The van der Waals surface area contributed by atoms with Crippen LogP contribution in [-0.2, 0) is 0 Å². The highest BCUT2D eigenvalue weighted by atomic mass is 79.9. The standard InChI is InChI=1S/C10H13BrN2OS/c1-7-6-15-3-2-13(7)10(14)9-4-8(11)5-12-9/h4-5,7,12H,2-3,6H2,1H3. The Morgan fingerprint density at radius 1 is 1.73 bits per heavy atom. The van der Waals surface area contributed by atoms with Gasteiger partial charge in [-0.3, -0.25) is 4.79 Å². The van der Waals surface area contributed by atoms with Crippen molar-refractivity contribution in [3.05, 3.63) is 22.4 Å². The van der Waals surface area contributed by atoms with Crippen molar-refractivity contribution in [2.24, 2.45) is 0 Å². The van der Waals surface area contributed by atoms with Crippen molar-refractivity contribution in [2.75, 3.05) is 18.1 Å². The lowest BCUT2D eigenvalue weighted by Gasteiger charge is -2.32. The molecule has 1 atom stereocenters. The van der Waals surface area contributed by atoms with E-state index in [-0.39, 0.29) is 5.91 Å². The Labute approximate surface area is 102 Å². The minimum Gasteiger partial charge on any atom is -0.356 e. The van der Waals surface area contributed by atoms with Crippen LogP contribution in [0.15, 0.2) is 16.7 Å². The molecule has 0 radical (unpaired) electrons. The number of amides is 1. The summed E-state index contributed by atoms with van der Waals surface area (Å²) in [5.74, 6) is 2.18. The van der Waals surface area contributed by atoms with Gasteiger partial charge in [-0.2, -0.15) is 11.8 Å². The number of hydrogen-bond acceptors (Lipinski definition) is 2. The summed E-state index contributed by atoms with van der Waals surface area (Å²) in [6, 6.07) is 2.16. The van der Waals surface area contributed by atoms with Gasteiger partial charge in [0, 0.05) is 34.8 Å². The lowest BCUT2D eigenvalue weighted by molar-refractivity contribution is 0.0710. The summed E-state index contributed by atoms with van der Waals surface area (Å²) in [4.78, 5) is 17.0. The van der Waals surface area contributed by atoms with Gasteiger partial charge in [0.2, 0.25) is 0 Å². The Kier molecular flexibility index (Phi) is 3.41. The van der Waals surface area contributed by atoms with Crippen LogP contribution in [0.25, 0.3) is 0 Å². The van der Waals surface area contributed by atoms with E-state index in [0.717, 1.165) is 22.5 Å². The number of nitrogens with zero attached hydrogens (tertiary/aromatic N) is 1. The number of nitrogens with one attached hydrogen (secondary N) is 1. The first-order valence-electron chi connectivity index (χ1n) is 4.91. The third-order valence-electron chi connectivity index (χ3n) is 2.51. The average Bonchev–Trinajstić information content (AvgIpc) is 2.65. The van der Waals surface area contributed by atoms with Crippen molar-refractivity contribution < 1.29 is 4.79 Å². The second kappa shape index (κ2) is 4.61. The maximum absolute atomic E-state index is 12.1. The van der Waals surface area contributed by atoms with Crippen molar-refractivity contribution in [2.45, 2.75) is 13.0 Å². The smallest absolute Gasteiger partial charge is 0.270 e. The summed E-state index contributed by atoms with van der Waals surface area (Å²) in [5, 5.41) is 0. The van der Waals surface area contributed by atoms with Gasteiger partial charge in [-0.15, -0.1) is 0 Å². The van der Waals surface area contributed by atoms with Gasteiger partial charge in [0.25, 0.3) is 5.91 Å². The Morgan fingerprint density at radius 2 is 2.53 bits per heavy atom. The Hall–Kier alpha value is -0.420. The zero-order valence-corrected chi connectivity index (χ0v) is 10.9. The number of rotatable bonds is 1. The molecule has 1 aromatic heterocycles. The quantitative estimate of drug-likeness (QED) is 0.861. The molecule has 1 fully saturated rings. The topological polar surface area (TPSA) is 36.1 Å². The fourth-order valence-electron chi connectivity index (χ4n) is 1.67. The molecular weight excluding hydrogens is 276 g/mol. The van der Waals surface area contributed by atoms with Gasteiger partial charge < -0.3 is 9.88 Å². The summed E-state index contributed by atoms with van der Waals surface area (Å²) in [5.41, 5.74) is 0.667. The van der Waals surface area contributed by atoms with Crippen molar-refractivity contribution in [1.29, 1.82) is 0 Å². The molecule has 15 heavy (non-hydrogen) atoms. The number of thioether (sulfide) groups is 1. The Morgan fingerprint density at radius 3 is 3.13 bits per heavy atom. The van der Waals surface area contributed by atoms with E-state index in [2.05, 4.69) is 27.8 Å². The molecule has 1 amide bonds. The molecule has 0 aliphatic carbocycles. The molecular formula is C10H13BrN2OS. The molecule has 0 aromatic carbocycles. The predicted molar refractivity (Wildman–Crippen MR) is 66.3 cm³/mol. The van der Waals surface area contributed by atoms with Gasteiger partial charge in [0.1, 0.15) is 5.69 Å². The van der Waals surface area contributed by atoms with E-state index in [9.17, 15) is 4.79 Å². The number of carbonyl (C=O) groups excluding carboxylic acids is 1. The van der Waals surface area contributed by atoms with Gasteiger partial charge in [-0.1, -0.05) is 0 Å². The Balaban J connectivity index is 2.13. The lowest BCUT2D eigenvalue weighted by atomic mass is 10.2. The highest BCUT2D eigenvalue weighted by Crippen LogP contribution is 2.19. The monoisotopic (exact) mass is 288 g/mol. The number of H-pyrrole nitrogens is 1. The van der Waals surface area contributed by atoms with E-state index >= 15 is 0 Å². The highest BCUT2D eigenvalue weighted by Gasteiger charge is 2.25. The van der Waals surface area contributed by atoms with E-state index in [1.54, 1.807) is 6.20 Å². The van der Waals surface area contributed by atoms with Gasteiger partial charge in [0.05, 0.1) is 0 Å². The van der Waals surface area contributed by atoms with Gasteiger partial charge in [-0.25, -0.2) is 0 Å². The highest BCUT2D eigenvalue weighted by molar-refractivity contribution is 9.10. The zero-order chi connectivity index (χ0) is 10.8. The van der Waals surface area contributed by atoms with E-state index in [1.807, 2.05) is 22.7 Å². The van der Waals surface area contributed by atoms with Crippen molar-refractivity contribution >= 4 is 33.6 Å². The van der Waals surface area contributed by atoms with Crippen molar-refractivity contribution in [1.82, 2.24) is 9.88 Å². The van der Waals surface area contributed by atoms with Crippen molar-refractivity contribution in [3.63, 3.8) is 0 Å². The van der Waals surface area contributed by atoms with Crippen LogP contribution in [0.2, 0.25) is 0 Å². The Bertz CT molecular complexity index is 366. The number of aromatic nitrogens is 1. The summed E-state index contributed by atoms with van der Waals surface area (Å²) in [7, 11) is 0. The second-order valence-electron chi connectivity index (χ2n) is 3.65. The number of halogens is 1. The molecule has 1 N–H and O–H groups in total. The molecule has 1 saturated heterocycles. The van der Waals surface area contributed by atoms with Crippen LogP contribution in [0.3, 0.4) is 0 Å². The summed E-state index contributed by atoms with van der Waals surface area (Å²) >= 11 is 5.24. The number of hydrogen-bond donors (Lipinski definition) is 1. The first-order chi connectivity index (χ1) is 7.18. The zero-order valence-electron chi connectivity index (χ0n) is 8.50. The minimum atomic E-state index is 0.105. The first-order valence-corrected chi connectivity index (χ1v) is 6.86. The van der Waals surface area contributed by atoms with E-state index in [1.165, 1.54) is 0 Å². The van der Waals surface area contributed by atoms with Gasteiger partial charge in [0.15, 0.2) is 0 Å². The van der Waals surface area contributed by atoms with Crippen LogP contribution in [0.4, 0.5) is 0 Å². The summed E-state index contributed by atoms with van der Waals surface area (Å²) < 4.78 is 0.921. The third-order valence-corrected chi connectivity index (χ3v) is 4.15. The molecule has 0 bridgehead atoms. The molecule has 1 aromatic rings. The molecule has 0 spiro atoms. The number of aromatic amines is 1. The maximum atomic E-state index is 12.1. The third kappa shape index (κ3) is 2.39. The maximum Gasteiger partial charge on any atom is 0.270 e. The minimum absolute atomic E-state index is 0.105. The molecule has 1 unspecified atom stereocenters. The van der Waals surface area contributed by atoms with E-state index in [4.69, 9.17) is 0 Å². The van der Waals surface area contributed by atoms with Crippen LogP contribution in [0.5, 0.6) is 0 Å². The normalized spacial score (nSPS) is 21.7. The largest absolute Gasteiger partial charge is 0.356 e. The molecule has 1 aliphatic heterocycles.